The van der Waals surface area contributed by atoms with Gasteiger partial charge < -0.3 is 19.8 Å². The number of ether oxygens (including phenoxy) is 1. The van der Waals surface area contributed by atoms with Crippen molar-refractivity contribution in [1.29, 1.82) is 0 Å². The van der Waals surface area contributed by atoms with Crippen molar-refractivity contribution in [2.75, 3.05) is 25.2 Å². The van der Waals surface area contributed by atoms with E-state index < -0.39 is 0 Å². The molecule has 2 heterocycles. The minimum Gasteiger partial charge on any atom is -0.383 e. The minimum absolute atomic E-state index is 0.0975. The Hall–Kier alpha value is -1.59. The average molecular weight is 290 g/mol. The second-order valence-corrected chi connectivity index (χ2v) is 5.58. The Morgan fingerprint density at radius 2 is 2.14 bits per heavy atom. The van der Waals surface area contributed by atoms with Gasteiger partial charge in [-0.05, 0) is 32.9 Å². The lowest BCUT2D eigenvalue weighted by Gasteiger charge is -2.29. The zero-order valence-corrected chi connectivity index (χ0v) is 13.4. The van der Waals surface area contributed by atoms with Gasteiger partial charge in [-0.1, -0.05) is 6.07 Å². The number of nitrogens with zero attached hydrogens (tertiary/aromatic N) is 3. The number of fused-ring (bicyclic) bond motifs is 1. The highest BCUT2D eigenvalue weighted by Crippen LogP contribution is 2.24. The van der Waals surface area contributed by atoms with E-state index in [-0.39, 0.29) is 12.1 Å². The number of pyridine rings is 1. The summed E-state index contributed by atoms with van der Waals surface area (Å²) >= 11 is 0. The summed E-state index contributed by atoms with van der Waals surface area (Å²) in [5.41, 5.74) is 8.17. The summed E-state index contributed by atoms with van der Waals surface area (Å²) in [6.45, 7) is 7.90. The third-order valence-electron chi connectivity index (χ3n) is 3.68. The van der Waals surface area contributed by atoms with Crippen molar-refractivity contribution in [3.8, 4) is 0 Å². The molecule has 0 saturated heterocycles. The molecule has 2 unspecified atom stereocenters. The van der Waals surface area contributed by atoms with E-state index in [1.165, 1.54) is 5.69 Å². The van der Waals surface area contributed by atoms with Gasteiger partial charge in [0.05, 0.1) is 18.3 Å². The first-order valence-electron chi connectivity index (χ1n) is 7.55. The van der Waals surface area contributed by atoms with Gasteiger partial charge >= 0.3 is 0 Å². The zero-order valence-electron chi connectivity index (χ0n) is 13.4. The summed E-state index contributed by atoms with van der Waals surface area (Å²) in [6, 6.07) is 6.44. The summed E-state index contributed by atoms with van der Waals surface area (Å²) in [5, 5.41) is 0. The van der Waals surface area contributed by atoms with E-state index in [1.807, 2.05) is 25.1 Å². The van der Waals surface area contributed by atoms with Gasteiger partial charge in [0.15, 0.2) is 5.82 Å². The summed E-state index contributed by atoms with van der Waals surface area (Å²) in [4.78, 5) is 7.10. The van der Waals surface area contributed by atoms with Crippen LogP contribution in [0, 0.1) is 0 Å². The van der Waals surface area contributed by atoms with Crippen LogP contribution >= 0.6 is 0 Å². The number of rotatable bonds is 7. The van der Waals surface area contributed by atoms with E-state index in [0.29, 0.717) is 6.61 Å². The monoisotopic (exact) mass is 290 g/mol. The number of nitrogens with two attached hydrogens (primary N) is 1. The minimum atomic E-state index is 0.0975. The Morgan fingerprint density at radius 3 is 2.76 bits per heavy atom. The maximum absolute atomic E-state index is 6.04. The molecule has 0 aliphatic heterocycles. The largest absolute Gasteiger partial charge is 0.383 e. The lowest BCUT2D eigenvalue weighted by atomic mass is 10.1. The fourth-order valence-electron chi connectivity index (χ4n) is 2.76. The number of hydrogen-bond acceptors (Lipinski definition) is 4. The SMILES string of the molecule is CCN(c1nc2ccccn2c1CC(C)N)C(C)COC. The van der Waals surface area contributed by atoms with Crippen molar-refractivity contribution in [3.05, 3.63) is 30.1 Å². The third kappa shape index (κ3) is 3.36. The maximum Gasteiger partial charge on any atom is 0.151 e. The van der Waals surface area contributed by atoms with E-state index in [1.54, 1.807) is 7.11 Å². The highest BCUT2D eigenvalue weighted by Gasteiger charge is 2.21. The normalized spacial score (nSPS) is 14.3. The number of anilines is 1. The molecule has 2 N–H and O–H groups in total. The van der Waals surface area contributed by atoms with Crippen LogP contribution in [0.5, 0.6) is 0 Å². The number of aromatic nitrogens is 2. The van der Waals surface area contributed by atoms with Crippen LogP contribution in [0.15, 0.2) is 24.4 Å². The fourth-order valence-corrected chi connectivity index (χ4v) is 2.76. The van der Waals surface area contributed by atoms with Gasteiger partial charge in [0.25, 0.3) is 0 Å². The van der Waals surface area contributed by atoms with Gasteiger partial charge in [-0.3, -0.25) is 0 Å². The van der Waals surface area contributed by atoms with Gasteiger partial charge in [-0.2, -0.15) is 0 Å². The summed E-state index contributed by atoms with van der Waals surface area (Å²) in [6.07, 6.45) is 2.86. The van der Waals surface area contributed by atoms with Crippen LogP contribution < -0.4 is 10.6 Å². The first kappa shape index (κ1) is 15.8. The van der Waals surface area contributed by atoms with Crippen LogP contribution in [0.3, 0.4) is 0 Å². The lowest BCUT2D eigenvalue weighted by Crippen LogP contribution is -2.37. The van der Waals surface area contributed by atoms with Crippen LogP contribution in [-0.4, -0.2) is 41.7 Å². The first-order valence-corrected chi connectivity index (χ1v) is 7.55. The molecule has 2 rings (SSSR count). The summed E-state index contributed by atoms with van der Waals surface area (Å²) in [7, 11) is 1.73. The first-order chi connectivity index (χ1) is 10.1. The standard InChI is InChI=1S/C16H26N4O/c1-5-19(13(3)11-21-4)16-14(10-12(2)17)20-9-7-6-8-15(20)18-16/h6-9,12-13H,5,10-11,17H2,1-4H3. The Kier molecular flexibility index (Phi) is 5.20. The number of hydrogen-bond donors (Lipinski definition) is 1. The molecule has 0 aliphatic carbocycles. The van der Waals surface area contributed by atoms with E-state index >= 15 is 0 Å². The molecule has 0 bridgehead atoms. The maximum atomic E-state index is 6.04. The van der Waals surface area contributed by atoms with Crippen LogP contribution in [0.2, 0.25) is 0 Å². The molecule has 0 amide bonds. The molecule has 2 aromatic heterocycles. The Labute approximate surface area is 126 Å². The highest BCUT2D eigenvalue weighted by atomic mass is 16.5. The quantitative estimate of drug-likeness (QED) is 0.848. The third-order valence-corrected chi connectivity index (χ3v) is 3.68. The van der Waals surface area contributed by atoms with Crippen molar-refractivity contribution in [2.24, 2.45) is 5.73 Å². The highest BCUT2D eigenvalue weighted by molar-refractivity contribution is 5.56. The van der Waals surface area contributed by atoms with E-state index in [9.17, 15) is 0 Å². The molecule has 5 heteroatoms. The molecule has 0 aliphatic rings. The second kappa shape index (κ2) is 6.91. The Balaban J connectivity index is 2.49. The lowest BCUT2D eigenvalue weighted by molar-refractivity contribution is 0.181. The molecule has 0 saturated carbocycles. The van der Waals surface area contributed by atoms with Crippen LogP contribution in [0.25, 0.3) is 5.65 Å². The smallest absolute Gasteiger partial charge is 0.151 e. The number of likely N-dealkylation sites (N-methyl/N-ethyl adjacent to an activating group) is 1. The Morgan fingerprint density at radius 1 is 1.38 bits per heavy atom. The molecular weight excluding hydrogens is 264 g/mol. The van der Waals surface area contributed by atoms with Crippen molar-refractivity contribution in [3.63, 3.8) is 0 Å². The van der Waals surface area contributed by atoms with Crippen molar-refractivity contribution < 1.29 is 4.74 Å². The molecule has 5 nitrogen and oxygen atoms in total. The Bertz CT molecular complexity index is 579. The predicted molar refractivity (Wildman–Crippen MR) is 86.9 cm³/mol. The fraction of sp³-hybridized carbons (Fsp3) is 0.562. The van der Waals surface area contributed by atoms with Crippen molar-refractivity contribution >= 4 is 11.5 Å². The topological polar surface area (TPSA) is 55.8 Å². The van der Waals surface area contributed by atoms with E-state index in [4.69, 9.17) is 15.5 Å². The van der Waals surface area contributed by atoms with Gasteiger partial charge in [0.1, 0.15) is 5.65 Å². The van der Waals surface area contributed by atoms with E-state index in [2.05, 4.69) is 29.3 Å². The van der Waals surface area contributed by atoms with Crippen LogP contribution in [0.1, 0.15) is 26.5 Å². The summed E-state index contributed by atoms with van der Waals surface area (Å²) < 4.78 is 7.44. The van der Waals surface area contributed by atoms with Crippen LogP contribution in [0.4, 0.5) is 5.82 Å². The molecule has 2 atom stereocenters. The molecule has 0 spiro atoms. The molecule has 0 radical (unpaired) electrons. The molecule has 21 heavy (non-hydrogen) atoms. The molecule has 2 aromatic rings. The van der Waals surface area contributed by atoms with Crippen molar-refractivity contribution in [1.82, 2.24) is 9.38 Å². The predicted octanol–water partition coefficient (Wildman–Crippen LogP) is 2.09. The number of imidazole rings is 1. The van der Waals surface area contributed by atoms with Crippen molar-refractivity contribution in [2.45, 2.75) is 39.3 Å². The number of methoxy groups -OCH3 is 1. The molecule has 0 fully saturated rings. The van der Waals surface area contributed by atoms with Gasteiger partial charge in [-0.15, -0.1) is 0 Å². The van der Waals surface area contributed by atoms with Gasteiger partial charge in [0.2, 0.25) is 0 Å². The molecule has 116 valence electrons. The average Bonchev–Trinajstić information content (AvgIpc) is 2.78. The van der Waals surface area contributed by atoms with Crippen LogP contribution in [-0.2, 0) is 11.2 Å². The molecular formula is C16H26N4O. The summed E-state index contributed by atoms with van der Waals surface area (Å²) in [5.74, 6) is 1.02. The van der Waals surface area contributed by atoms with Gasteiger partial charge in [0, 0.05) is 32.3 Å². The molecule has 0 aromatic carbocycles. The second-order valence-electron chi connectivity index (χ2n) is 5.58. The van der Waals surface area contributed by atoms with E-state index in [0.717, 1.165) is 24.4 Å². The zero-order chi connectivity index (χ0) is 15.4. The van der Waals surface area contributed by atoms with Gasteiger partial charge in [-0.25, -0.2) is 4.98 Å².